The van der Waals surface area contributed by atoms with Crippen LogP contribution in [0.5, 0.6) is 0 Å². The Morgan fingerprint density at radius 1 is 1.67 bits per heavy atom. The predicted molar refractivity (Wildman–Crippen MR) is 41.8 cm³/mol. The largest absolute Gasteiger partial charge is 0.508 e. The zero-order valence-corrected chi connectivity index (χ0v) is 6.69. The highest BCUT2D eigenvalue weighted by molar-refractivity contribution is 6.25. The lowest BCUT2D eigenvalue weighted by molar-refractivity contribution is -0.143. The lowest BCUT2D eigenvalue weighted by Gasteiger charge is -2.24. The smallest absolute Gasteiger partial charge is 0.314 e. The molecule has 0 aromatic rings. The van der Waals surface area contributed by atoms with E-state index in [2.05, 4.69) is 0 Å². The number of aliphatic hydroxyl groups excluding tert-OH is 1. The summed E-state index contributed by atoms with van der Waals surface area (Å²) in [5.41, 5.74) is 0. The molecule has 4 nitrogen and oxygen atoms in total. The van der Waals surface area contributed by atoms with Crippen molar-refractivity contribution < 1.29 is 20.1 Å². The molecule has 0 heterocycles. The second kappa shape index (κ2) is 2.80. The maximum Gasteiger partial charge on any atom is 0.314 e. The number of allylic oxidation sites excluding steroid dienone is 1. The second-order valence-corrected chi connectivity index (χ2v) is 3.08. The van der Waals surface area contributed by atoms with Gasteiger partial charge in [-0.15, -0.1) is 0 Å². The predicted octanol–water partition coefficient (Wildman–Crippen LogP) is 0.626. The Morgan fingerprint density at radius 3 is 2.67 bits per heavy atom. The Labute approximate surface area is 73.4 Å². The summed E-state index contributed by atoms with van der Waals surface area (Å²) >= 11 is 5.41. The molecule has 0 aromatic carbocycles. The summed E-state index contributed by atoms with van der Waals surface area (Å²) in [6, 6.07) is 0. The van der Waals surface area contributed by atoms with Crippen LogP contribution in [-0.2, 0) is 4.79 Å². The Bertz CT molecular complexity index is 267. The fraction of sp³-hybridized carbons (Fsp3) is 0.286. The minimum absolute atomic E-state index is 0.245. The summed E-state index contributed by atoms with van der Waals surface area (Å²) in [6.07, 6.45) is 3.19. The molecule has 0 bridgehead atoms. The second-order valence-electron chi connectivity index (χ2n) is 2.47. The van der Waals surface area contributed by atoms with Gasteiger partial charge in [0, 0.05) is 6.08 Å². The van der Waals surface area contributed by atoms with Crippen molar-refractivity contribution in [3.8, 4) is 0 Å². The molecule has 0 spiro atoms. The third kappa shape index (κ3) is 1.60. The van der Waals surface area contributed by atoms with Gasteiger partial charge in [0.1, 0.15) is 11.7 Å². The number of alkyl halides is 1. The van der Waals surface area contributed by atoms with Crippen LogP contribution < -0.4 is 0 Å². The topological polar surface area (TPSA) is 77.8 Å². The van der Waals surface area contributed by atoms with Crippen LogP contribution in [-0.4, -0.2) is 26.3 Å². The number of carboxylic acid groups (broad SMARTS) is 1. The van der Waals surface area contributed by atoms with Gasteiger partial charge in [0.25, 0.3) is 0 Å². The zero-order chi connectivity index (χ0) is 9.35. The lowest BCUT2D eigenvalue weighted by atomic mass is 9.96. The third-order valence-electron chi connectivity index (χ3n) is 1.51. The van der Waals surface area contributed by atoms with Crippen molar-refractivity contribution in [3.05, 3.63) is 24.0 Å². The van der Waals surface area contributed by atoms with E-state index in [0.29, 0.717) is 0 Å². The van der Waals surface area contributed by atoms with Crippen molar-refractivity contribution in [3.63, 3.8) is 0 Å². The van der Waals surface area contributed by atoms with Crippen LogP contribution in [0, 0.1) is 5.92 Å². The van der Waals surface area contributed by atoms with Crippen molar-refractivity contribution in [2.45, 2.75) is 5.06 Å². The first kappa shape index (κ1) is 9.09. The fourth-order valence-corrected chi connectivity index (χ4v) is 1.21. The molecule has 0 saturated carbocycles. The average molecular weight is 191 g/mol. The van der Waals surface area contributed by atoms with E-state index in [4.69, 9.17) is 21.8 Å². The van der Waals surface area contributed by atoms with Gasteiger partial charge in [0.05, 0.1) is 0 Å². The number of carboxylic acids is 1. The fourth-order valence-electron chi connectivity index (χ4n) is 0.931. The van der Waals surface area contributed by atoms with Crippen molar-refractivity contribution in [2.24, 2.45) is 5.92 Å². The van der Waals surface area contributed by atoms with E-state index in [-0.39, 0.29) is 5.76 Å². The molecule has 0 radical (unpaired) electrons. The molecule has 0 aromatic heterocycles. The molecular weight excluding hydrogens is 184 g/mol. The summed E-state index contributed by atoms with van der Waals surface area (Å²) in [7, 11) is 0. The van der Waals surface area contributed by atoms with Crippen LogP contribution in [0.1, 0.15) is 0 Å². The SMILES string of the molecule is O=C(O)C1C=CC(O)=CC1(O)Cl. The van der Waals surface area contributed by atoms with E-state index in [9.17, 15) is 9.90 Å². The van der Waals surface area contributed by atoms with Crippen LogP contribution in [0.15, 0.2) is 24.0 Å². The van der Waals surface area contributed by atoms with Crippen LogP contribution in [0.4, 0.5) is 0 Å². The van der Waals surface area contributed by atoms with E-state index in [1.54, 1.807) is 0 Å². The number of hydrogen-bond acceptors (Lipinski definition) is 3. The number of hydrogen-bond donors (Lipinski definition) is 3. The minimum atomic E-state index is -2.04. The highest BCUT2D eigenvalue weighted by atomic mass is 35.5. The normalized spacial score (nSPS) is 34.5. The van der Waals surface area contributed by atoms with Gasteiger partial charge in [-0.3, -0.25) is 4.79 Å². The van der Waals surface area contributed by atoms with E-state index in [1.165, 1.54) is 6.08 Å². The number of aliphatic hydroxyl groups is 2. The molecule has 2 unspecified atom stereocenters. The quantitative estimate of drug-likeness (QED) is 0.530. The molecule has 5 heteroatoms. The molecule has 0 fully saturated rings. The summed E-state index contributed by atoms with van der Waals surface area (Å²) in [5, 5.41) is 24.7. The van der Waals surface area contributed by atoms with Gasteiger partial charge in [0.2, 0.25) is 0 Å². The Balaban J connectivity index is 2.96. The number of halogens is 1. The minimum Gasteiger partial charge on any atom is -0.508 e. The van der Waals surface area contributed by atoms with Gasteiger partial charge in [-0.2, -0.15) is 0 Å². The summed E-state index contributed by atoms with van der Waals surface area (Å²) in [6.45, 7) is 0. The Hall–Kier alpha value is -1.00. The molecule has 1 aliphatic rings. The monoisotopic (exact) mass is 190 g/mol. The average Bonchev–Trinajstić information content (AvgIpc) is 1.82. The highest BCUT2D eigenvalue weighted by Gasteiger charge is 2.38. The molecule has 12 heavy (non-hydrogen) atoms. The van der Waals surface area contributed by atoms with Crippen LogP contribution in [0.3, 0.4) is 0 Å². The molecule has 0 amide bonds. The molecule has 1 aliphatic carbocycles. The first-order valence-corrected chi connectivity index (χ1v) is 3.55. The van der Waals surface area contributed by atoms with Crippen molar-refractivity contribution in [1.82, 2.24) is 0 Å². The van der Waals surface area contributed by atoms with Crippen molar-refractivity contribution in [1.29, 1.82) is 0 Å². The Morgan fingerprint density at radius 2 is 2.25 bits per heavy atom. The first-order valence-electron chi connectivity index (χ1n) is 3.17. The van der Waals surface area contributed by atoms with Gasteiger partial charge in [0.15, 0.2) is 5.06 Å². The van der Waals surface area contributed by atoms with E-state index in [0.717, 1.165) is 12.2 Å². The van der Waals surface area contributed by atoms with Crippen molar-refractivity contribution in [2.75, 3.05) is 0 Å². The summed E-state index contributed by atoms with van der Waals surface area (Å²) in [4.78, 5) is 10.5. The Kier molecular flexibility index (Phi) is 2.12. The van der Waals surface area contributed by atoms with Gasteiger partial charge < -0.3 is 15.3 Å². The maximum absolute atomic E-state index is 10.5. The third-order valence-corrected chi connectivity index (χ3v) is 1.86. The van der Waals surface area contributed by atoms with Crippen LogP contribution >= 0.6 is 11.6 Å². The molecule has 66 valence electrons. The lowest BCUT2D eigenvalue weighted by Crippen LogP contribution is -2.36. The molecule has 3 N–H and O–H groups in total. The van der Waals surface area contributed by atoms with Gasteiger partial charge in [-0.1, -0.05) is 17.7 Å². The van der Waals surface area contributed by atoms with Crippen LogP contribution in [0.2, 0.25) is 0 Å². The summed E-state index contributed by atoms with van der Waals surface area (Å²) in [5.74, 6) is -2.72. The molecule has 0 aliphatic heterocycles. The number of aliphatic carboxylic acids is 1. The number of carbonyl (C=O) groups is 1. The van der Waals surface area contributed by atoms with Gasteiger partial charge in [-0.05, 0) is 6.08 Å². The first-order chi connectivity index (χ1) is 5.43. The number of rotatable bonds is 1. The van der Waals surface area contributed by atoms with E-state index >= 15 is 0 Å². The van der Waals surface area contributed by atoms with Crippen LogP contribution in [0.25, 0.3) is 0 Å². The maximum atomic E-state index is 10.5. The van der Waals surface area contributed by atoms with Gasteiger partial charge in [-0.25, -0.2) is 0 Å². The van der Waals surface area contributed by atoms with E-state index in [1.807, 2.05) is 0 Å². The highest BCUT2D eigenvalue weighted by Crippen LogP contribution is 2.30. The van der Waals surface area contributed by atoms with Crippen molar-refractivity contribution >= 4 is 17.6 Å². The zero-order valence-electron chi connectivity index (χ0n) is 5.94. The molecule has 0 saturated heterocycles. The molecular formula is C7H7ClO4. The molecule has 1 rings (SSSR count). The standard InChI is InChI=1S/C7H7ClO4/c8-7(12)3-4(9)1-2-5(7)6(10)11/h1-3,5,9,12H,(H,10,11). The molecule has 2 atom stereocenters. The van der Waals surface area contributed by atoms with E-state index < -0.39 is 16.9 Å². The summed E-state index contributed by atoms with van der Waals surface area (Å²) < 4.78 is 0. The van der Waals surface area contributed by atoms with Gasteiger partial charge >= 0.3 is 5.97 Å².